The second-order valence-corrected chi connectivity index (χ2v) is 10.9. The maximum absolute atomic E-state index is 13.0. The Balaban J connectivity index is 1.56. The van der Waals surface area contributed by atoms with Crippen LogP contribution in [0.25, 0.3) is 0 Å². The van der Waals surface area contributed by atoms with Gasteiger partial charge in [0.25, 0.3) is 0 Å². The van der Waals surface area contributed by atoms with Crippen molar-refractivity contribution in [2.45, 2.75) is 72.3 Å². The Morgan fingerprint density at radius 1 is 1.18 bits per heavy atom. The number of likely N-dealkylation sites (N-methyl/N-ethyl adjacent to an activating group) is 1. The zero-order valence-corrected chi connectivity index (χ0v) is 18.3. The maximum Gasteiger partial charge on any atom is 0.246 e. The molecule has 0 radical (unpaired) electrons. The van der Waals surface area contributed by atoms with E-state index in [2.05, 4.69) is 39.1 Å². The number of carbonyl (C=O) groups is 2. The van der Waals surface area contributed by atoms with Crippen LogP contribution in [0.3, 0.4) is 0 Å². The van der Waals surface area contributed by atoms with Crippen molar-refractivity contribution in [3.63, 3.8) is 0 Å². The van der Waals surface area contributed by atoms with E-state index < -0.39 is 0 Å². The number of fused-ring (bicyclic) bond motifs is 5. The van der Waals surface area contributed by atoms with Crippen molar-refractivity contribution in [3.8, 4) is 0 Å². The highest BCUT2D eigenvalue weighted by atomic mass is 16.2. The molecule has 0 aromatic heterocycles. The molecule has 1 aliphatic heterocycles. The van der Waals surface area contributed by atoms with E-state index >= 15 is 0 Å². The minimum atomic E-state index is 0.0882. The molecule has 0 bridgehead atoms. The van der Waals surface area contributed by atoms with E-state index in [1.165, 1.54) is 19.3 Å². The van der Waals surface area contributed by atoms with E-state index in [4.69, 9.17) is 0 Å². The molecule has 0 spiro atoms. The third kappa shape index (κ3) is 2.85. The second kappa shape index (κ2) is 6.88. The zero-order chi connectivity index (χ0) is 20.3. The quantitative estimate of drug-likeness (QED) is 0.796. The minimum Gasteiger partial charge on any atom is -0.356 e. The fourth-order valence-corrected chi connectivity index (χ4v) is 7.60. The van der Waals surface area contributed by atoms with E-state index in [1.807, 2.05) is 18.0 Å². The van der Waals surface area contributed by atoms with Gasteiger partial charge < -0.3 is 10.2 Å². The molecule has 4 aliphatic rings. The van der Waals surface area contributed by atoms with Gasteiger partial charge in [0.1, 0.15) is 0 Å². The summed E-state index contributed by atoms with van der Waals surface area (Å²) < 4.78 is 0. The zero-order valence-electron chi connectivity index (χ0n) is 18.3. The molecule has 4 nitrogen and oxygen atoms in total. The third-order valence-electron chi connectivity index (χ3n) is 9.13. The van der Waals surface area contributed by atoms with Gasteiger partial charge in [-0.25, -0.2) is 0 Å². The van der Waals surface area contributed by atoms with Gasteiger partial charge in [-0.2, -0.15) is 0 Å². The maximum atomic E-state index is 13.0. The third-order valence-corrected chi connectivity index (χ3v) is 9.13. The Morgan fingerprint density at radius 3 is 2.64 bits per heavy atom. The van der Waals surface area contributed by atoms with Crippen molar-refractivity contribution in [3.05, 3.63) is 12.2 Å². The van der Waals surface area contributed by atoms with Crippen LogP contribution < -0.4 is 5.32 Å². The number of hydrogen-bond acceptors (Lipinski definition) is 2. The lowest BCUT2D eigenvalue weighted by Crippen LogP contribution is -2.59. The van der Waals surface area contributed by atoms with E-state index in [1.54, 1.807) is 0 Å². The number of nitrogens with zero attached hydrogens (tertiary/aromatic N) is 1. The summed E-state index contributed by atoms with van der Waals surface area (Å²) in [5, 5.41) is 3.22. The molecule has 2 amide bonds. The standard InChI is InChI=1S/C24H38N2O2/c1-15(2)14-25-22(28)19-8-7-17-16-6-9-20-24(4,13-11-21(27)26(20)5)18(16)10-12-23(17,19)3/h11,13,15-20H,6-10,12,14H2,1-5H3,(H,25,28)/t16-,17-,18+,19?,20?,23-,24+/m0/s1. The van der Waals surface area contributed by atoms with Gasteiger partial charge >= 0.3 is 0 Å². The highest BCUT2D eigenvalue weighted by Crippen LogP contribution is 2.65. The molecule has 0 aromatic carbocycles. The number of rotatable bonds is 3. The smallest absolute Gasteiger partial charge is 0.246 e. The molecule has 3 saturated carbocycles. The first-order chi connectivity index (χ1) is 13.2. The van der Waals surface area contributed by atoms with E-state index in [-0.39, 0.29) is 22.7 Å². The van der Waals surface area contributed by atoms with Crippen molar-refractivity contribution in [1.29, 1.82) is 0 Å². The Morgan fingerprint density at radius 2 is 1.93 bits per heavy atom. The fourth-order valence-electron chi connectivity index (χ4n) is 7.60. The molecule has 0 aromatic rings. The molecule has 0 saturated heterocycles. The first-order valence-electron chi connectivity index (χ1n) is 11.4. The Bertz CT molecular complexity index is 686. The lowest BCUT2D eigenvalue weighted by Gasteiger charge is -2.60. The molecule has 156 valence electrons. The summed E-state index contributed by atoms with van der Waals surface area (Å²) in [6.07, 6.45) is 10.9. The van der Waals surface area contributed by atoms with Crippen molar-refractivity contribution in [2.75, 3.05) is 13.6 Å². The minimum absolute atomic E-state index is 0.0882. The second-order valence-electron chi connectivity index (χ2n) is 10.9. The molecular formula is C24H38N2O2. The molecule has 2 unspecified atom stereocenters. The van der Waals surface area contributed by atoms with Crippen molar-refractivity contribution in [1.82, 2.24) is 10.2 Å². The Labute approximate surface area is 170 Å². The summed E-state index contributed by atoms with van der Waals surface area (Å²) in [5.41, 5.74) is 0.233. The van der Waals surface area contributed by atoms with Crippen molar-refractivity contribution in [2.24, 2.45) is 40.4 Å². The molecule has 4 rings (SSSR count). The van der Waals surface area contributed by atoms with Crippen LogP contribution in [0.15, 0.2) is 12.2 Å². The van der Waals surface area contributed by atoms with Crippen LogP contribution in [0, 0.1) is 40.4 Å². The van der Waals surface area contributed by atoms with Crippen LogP contribution >= 0.6 is 0 Å². The van der Waals surface area contributed by atoms with Gasteiger partial charge in [0.2, 0.25) is 11.8 Å². The number of amides is 2. The molecule has 3 aliphatic carbocycles. The molecule has 7 atom stereocenters. The molecule has 4 heteroatoms. The summed E-state index contributed by atoms with van der Waals surface area (Å²) in [4.78, 5) is 27.2. The summed E-state index contributed by atoms with van der Waals surface area (Å²) >= 11 is 0. The SMILES string of the molecule is CC(C)CNC(=O)C1CC[C@H]2[C@@H]3CCC4N(C)C(=O)C=C[C@]4(C)[C@@H]3CC[C@]12C. The van der Waals surface area contributed by atoms with E-state index in [0.717, 1.165) is 25.8 Å². The first-order valence-corrected chi connectivity index (χ1v) is 11.4. The van der Waals surface area contributed by atoms with Crippen LogP contribution in [0.4, 0.5) is 0 Å². The first kappa shape index (κ1) is 20.0. The van der Waals surface area contributed by atoms with Gasteiger partial charge in [-0.05, 0) is 73.7 Å². The largest absolute Gasteiger partial charge is 0.356 e. The van der Waals surface area contributed by atoms with Crippen LogP contribution in [-0.4, -0.2) is 36.3 Å². The van der Waals surface area contributed by atoms with Crippen molar-refractivity contribution < 1.29 is 9.59 Å². The highest BCUT2D eigenvalue weighted by Gasteiger charge is 2.61. The van der Waals surface area contributed by atoms with Gasteiger partial charge in [0.15, 0.2) is 0 Å². The van der Waals surface area contributed by atoms with Crippen LogP contribution in [0.5, 0.6) is 0 Å². The summed E-state index contributed by atoms with van der Waals surface area (Å²) in [6.45, 7) is 9.89. The highest BCUT2D eigenvalue weighted by molar-refractivity contribution is 5.89. The van der Waals surface area contributed by atoms with E-state index in [0.29, 0.717) is 35.6 Å². The molecular weight excluding hydrogens is 348 g/mol. The van der Waals surface area contributed by atoms with E-state index in [9.17, 15) is 9.59 Å². The lowest BCUT2D eigenvalue weighted by molar-refractivity contribution is -0.142. The topological polar surface area (TPSA) is 49.4 Å². The lowest BCUT2D eigenvalue weighted by atomic mass is 9.47. The number of nitrogens with one attached hydrogen (secondary N) is 1. The summed E-state index contributed by atoms with van der Waals surface area (Å²) in [7, 11) is 1.98. The molecule has 1 N–H and O–H groups in total. The average molecular weight is 387 g/mol. The van der Waals surface area contributed by atoms with Crippen LogP contribution in [0.1, 0.15) is 66.2 Å². The van der Waals surface area contributed by atoms with Crippen LogP contribution in [-0.2, 0) is 9.59 Å². The van der Waals surface area contributed by atoms with Gasteiger partial charge in [-0.1, -0.05) is 33.8 Å². The van der Waals surface area contributed by atoms with Gasteiger partial charge in [0.05, 0.1) is 0 Å². The van der Waals surface area contributed by atoms with Crippen LogP contribution in [0.2, 0.25) is 0 Å². The van der Waals surface area contributed by atoms with Gasteiger partial charge in [0, 0.05) is 31.0 Å². The predicted molar refractivity (Wildman–Crippen MR) is 111 cm³/mol. The number of hydrogen-bond donors (Lipinski definition) is 1. The normalized spacial score (nSPS) is 44.9. The molecule has 1 heterocycles. The molecule has 3 fully saturated rings. The Kier molecular flexibility index (Phi) is 4.91. The average Bonchev–Trinajstić information content (AvgIpc) is 3.00. The molecule has 28 heavy (non-hydrogen) atoms. The Hall–Kier alpha value is -1.32. The van der Waals surface area contributed by atoms with Gasteiger partial charge in [-0.15, -0.1) is 0 Å². The monoisotopic (exact) mass is 386 g/mol. The summed E-state index contributed by atoms with van der Waals surface area (Å²) in [5.74, 6) is 3.09. The fraction of sp³-hybridized carbons (Fsp3) is 0.833. The van der Waals surface area contributed by atoms with Gasteiger partial charge in [-0.3, -0.25) is 9.59 Å². The predicted octanol–water partition coefficient (Wildman–Crippen LogP) is 4.01. The number of carbonyl (C=O) groups excluding carboxylic acids is 2. The van der Waals surface area contributed by atoms with Crippen molar-refractivity contribution >= 4 is 11.8 Å². The summed E-state index contributed by atoms with van der Waals surface area (Å²) in [6, 6.07) is 0.335.